The lowest BCUT2D eigenvalue weighted by molar-refractivity contribution is 0.595. The first-order valence-electron chi connectivity index (χ1n) is 14.3. The fourth-order valence-electron chi connectivity index (χ4n) is 4.94. The van der Waals surface area contributed by atoms with Crippen LogP contribution in [0.3, 0.4) is 0 Å². The molecule has 0 bridgehead atoms. The van der Waals surface area contributed by atoms with Crippen molar-refractivity contribution < 1.29 is 25.3 Å². The van der Waals surface area contributed by atoms with Crippen molar-refractivity contribution in [3.8, 4) is 22.3 Å². The molecule has 0 spiro atoms. The van der Waals surface area contributed by atoms with Crippen LogP contribution in [-0.2, 0) is 29.9 Å². The van der Waals surface area contributed by atoms with E-state index in [0.717, 1.165) is 0 Å². The lowest BCUT2D eigenvalue weighted by Crippen LogP contribution is -2.12. The Morgan fingerprint density at radius 1 is 0.319 bits per heavy atom. The van der Waals surface area contributed by atoms with Crippen LogP contribution in [0.25, 0.3) is 22.3 Å². The SMILES string of the molecule is O=S(=O)(Nc1cccc(-c2ccc(S(=O)(=O)c3ccc(-c4cccc(NS(=O)(=O)c5ccccc5)c4)cc3)cc2)c1)c1ccccc1. The average Bonchev–Trinajstić information content (AvgIpc) is 3.09. The van der Waals surface area contributed by atoms with Gasteiger partial charge in [-0.25, -0.2) is 25.3 Å². The van der Waals surface area contributed by atoms with Gasteiger partial charge in [0.2, 0.25) is 9.84 Å². The number of sulfone groups is 1. The standard InChI is InChI=1S/C36H28N2O6S3/c39-45(40,33-21-17-27(18-22-33)29-9-7-11-31(25-29)37-46(41,42)35-13-3-1-4-14-35)34-23-19-28(20-24-34)30-10-8-12-32(26-30)38-47(43,44)36-15-5-2-6-16-36/h1-26,37-38H. The molecule has 6 aromatic rings. The monoisotopic (exact) mass is 680 g/mol. The summed E-state index contributed by atoms with van der Waals surface area (Å²) in [6.07, 6.45) is 0. The molecule has 6 aromatic carbocycles. The second-order valence-corrected chi connectivity index (χ2v) is 15.9. The molecule has 0 saturated heterocycles. The summed E-state index contributed by atoms with van der Waals surface area (Å²) in [7, 11) is -11.4. The first-order chi connectivity index (χ1) is 22.5. The van der Waals surface area contributed by atoms with Crippen LogP contribution in [0.4, 0.5) is 11.4 Å². The third-order valence-corrected chi connectivity index (χ3v) is 11.9. The van der Waals surface area contributed by atoms with Gasteiger partial charge in [-0.1, -0.05) is 84.9 Å². The third-order valence-electron chi connectivity index (χ3n) is 7.33. The van der Waals surface area contributed by atoms with Gasteiger partial charge in [0.15, 0.2) is 0 Å². The highest BCUT2D eigenvalue weighted by Gasteiger charge is 2.19. The smallest absolute Gasteiger partial charge is 0.261 e. The summed E-state index contributed by atoms with van der Waals surface area (Å²) in [4.78, 5) is 0.500. The summed E-state index contributed by atoms with van der Waals surface area (Å²) < 4.78 is 83.1. The molecule has 0 unspecified atom stereocenters. The molecule has 0 heterocycles. The number of benzene rings is 6. The fraction of sp³-hybridized carbons (Fsp3) is 0. The second kappa shape index (κ2) is 12.9. The van der Waals surface area contributed by atoms with E-state index >= 15 is 0 Å². The highest BCUT2D eigenvalue weighted by Crippen LogP contribution is 2.30. The number of nitrogens with one attached hydrogen (secondary N) is 2. The molecule has 0 amide bonds. The Kier molecular flexibility index (Phi) is 8.69. The number of anilines is 2. The Hall–Kier alpha value is -5.23. The van der Waals surface area contributed by atoms with Crippen LogP contribution in [0.15, 0.2) is 177 Å². The minimum Gasteiger partial charge on any atom is -0.280 e. The third kappa shape index (κ3) is 7.12. The van der Waals surface area contributed by atoms with Gasteiger partial charge in [0, 0.05) is 11.4 Å². The number of hydrogen-bond acceptors (Lipinski definition) is 6. The van der Waals surface area contributed by atoms with Gasteiger partial charge in [0.1, 0.15) is 0 Å². The predicted molar refractivity (Wildman–Crippen MR) is 184 cm³/mol. The molecule has 0 radical (unpaired) electrons. The molecule has 0 aliphatic rings. The van der Waals surface area contributed by atoms with Crippen LogP contribution in [0.1, 0.15) is 0 Å². The number of rotatable bonds is 10. The quantitative estimate of drug-likeness (QED) is 0.155. The molecule has 8 nitrogen and oxygen atoms in total. The van der Waals surface area contributed by atoms with Crippen molar-refractivity contribution in [1.29, 1.82) is 0 Å². The maximum Gasteiger partial charge on any atom is 0.261 e. The molecule has 0 saturated carbocycles. The van der Waals surface area contributed by atoms with Crippen LogP contribution in [-0.4, -0.2) is 25.3 Å². The summed E-state index contributed by atoms with van der Waals surface area (Å²) in [5.74, 6) is 0. The molecule has 2 N–H and O–H groups in total. The molecule has 0 aliphatic heterocycles. The molecule has 0 aliphatic carbocycles. The Bertz CT molecular complexity index is 2200. The van der Waals surface area contributed by atoms with Crippen molar-refractivity contribution in [3.63, 3.8) is 0 Å². The lowest BCUT2D eigenvalue weighted by atomic mass is 10.1. The van der Waals surface area contributed by atoms with Crippen molar-refractivity contribution in [2.24, 2.45) is 0 Å². The van der Waals surface area contributed by atoms with Crippen LogP contribution in [0.2, 0.25) is 0 Å². The van der Waals surface area contributed by atoms with Gasteiger partial charge in [-0.05, 0) is 95.1 Å². The first-order valence-corrected chi connectivity index (χ1v) is 18.8. The molecule has 236 valence electrons. The molecular formula is C36H28N2O6S3. The molecule has 6 rings (SSSR count). The van der Waals surface area contributed by atoms with E-state index in [9.17, 15) is 25.3 Å². The molecular weight excluding hydrogens is 653 g/mol. The van der Waals surface area contributed by atoms with Gasteiger partial charge in [-0.2, -0.15) is 0 Å². The van der Waals surface area contributed by atoms with E-state index in [1.54, 1.807) is 97.1 Å². The van der Waals surface area contributed by atoms with Crippen LogP contribution >= 0.6 is 0 Å². The van der Waals surface area contributed by atoms with Gasteiger partial charge in [-0.15, -0.1) is 0 Å². The topological polar surface area (TPSA) is 126 Å². The maximum atomic E-state index is 13.5. The normalized spacial score (nSPS) is 11.9. The minimum absolute atomic E-state index is 0.104. The summed E-state index contributed by atoms with van der Waals surface area (Å²) in [5, 5.41) is 0. The van der Waals surface area contributed by atoms with Crippen LogP contribution in [0, 0.1) is 0 Å². The summed E-state index contributed by atoms with van der Waals surface area (Å²) in [6.45, 7) is 0. The van der Waals surface area contributed by atoms with Crippen molar-refractivity contribution >= 4 is 41.3 Å². The minimum atomic E-state index is -3.85. The molecule has 0 aromatic heterocycles. The summed E-state index contributed by atoms with van der Waals surface area (Å²) in [5.41, 5.74) is 3.59. The highest BCUT2D eigenvalue weighted by atomic mass is 32.2. The number of sulfonamides is 2. The molecule has 0 atom stereocenters. The van der Waals surface area contributed by atoms with Crippen molar-refractivity contribution in [3.05, 3.63) is 158 Å². The molecule has 47 heavy (non-hydrogen) atoms. The fourth-order valence-corrected chi connectivity index (χ4v) is 8.34. The maximum absolute atomic E-state index is 13.5. The highest BCUT2D eigenvalue weighted by molar-refractivity contribution is 7.93. The summed E-state index contributed by atoms with van der Waals surface area (Å²) in [6, 6.07) is 42.6. The van der Waals surface area contributed by atoms with E-state index in [-0.39, 0.29) is 19.6 Å². The van der Waals surface area contributed by atoms with E-state index < -0.39 is 29.9 Å². The van der Waals surface area contributed by atoms with E-state index in [1.165, 1.54) is 48.5 Å². The Morgan fingerprint density at radius 3 is 1.04 bits per heavy atom. The van der Waals surface area contributed by atoms with Crippen LogP contribution < -0.4 is 9.44 Å². The van der Waals surface area contributed by atoms with Gasteiger partial charge in [0.25, 0.3) is 20.0 Å². The van der Waals surface area contributed by atoms with Crippen molar-refractivity contribution in [2.75, 3.05) is 9.44 Å². The largest absolute Gasteiger partial charge is 0.280 e. The van der Waals surface area contributed by atoms with E-state index in [1.807, 2.05) is 12.1 Å². The van der Waals surface area contributed by atoms with Crippen molar-refractivity contribution in [2.45, 2.75) is 19.6 Å². The van der Waals surface area contributed by atoms with E-state index in [4.69, 9.17) is 0 Å². The molecule has 11 heteroatoms. The Labute approximate surface area is 274 Å². The second-order valence-electron chi connectivity index (χ2n) is 10.6. The van der Waals surface area contributed by atoms with Gasteiger partial charge in [0.05, 0.1) is 19.6 Å². The van der Waals surface area contributed by atoms with E-state index in [2.05, 4.69) is 9.44 Å². The van der Waals surface area contributed by atoms with E-state index in [0.29, 0.717) is 33.6 Å². The zero-order valence-electron chi connectivity index (χ0n) is 24.7. The van der Waals surface area contributed by atoms with Gasteiger partial charge >= 0.3 is 0 Å². The lowest BCUT2D eigenvalue weighted by Gasteiger charge is -2.11. The first kappa shape index (κ1) is 31.7. The molecule has 0 fully saturated rings. The van der Waals surface area contributed by atoms with Gasteiger partial charge < -0.3 is 0 Å². The Balaban J connectivity index is 1.18. The zero-order chi connectivity index (χ0) is 33.1. The van der Waals surface area contributed by atoms with Crippen LogP contribution in [0.5, 0.6) is 0 Å². The van der Waals surface area contributed by atoms with Gasteiger partial charge in [-0.3, -0.25) is 9.44 Å². The Morgan fingerprint density at radius 2 is 0.681 bits per heavy atom. The van der Waals surface area contributed by atoms with Crippen molar-refractivity contribution in [1.82, 2.24) is 0 Å². The number of hydrogen-bond donors (Lipinski definition) is 2. The zero-order valence-corrected chi connectivity index (χ0v) is 27.1. The summed E-state index contributed by atoms with van der Waals surface area (Å²) >= 11 is 0. The average molecular weight is 681 g/mol. The predicted octanol–water partition coefficient (Wildman–Crippen LogP) is 7.46.